The third-order valence-corrected chi connectivity index (χ3v) is 3.25. The monoisotopic (exact) mass is 281 g/mol. The van der Waals surface area contributed by atoms with Crippen LogP contribution in [0.4, 0.5) is 4.39 Å². The lowest BCUT2D eigenvalue weighted by molar-refractivity contribution is 0.0782. The Bertz CT molecular complexity index is 589. The average molecular weight is 282 g/mol. The van der Waals surface area contributed by atoms with Gasteiger partial charge >= 0.3 is 0 Å². The molecule has 0 aliphatic rings. The van der Waals surface area contributed by atoms with Crippen molar-refractivity contribution in [2.45, 2.75) is 13.5 Å². The first-order chi connectivity index (χ1) is 9.00. The highest BCUT2D eigenvalue weighted by Crippen LogP contribution is 2.21. The van der Waals surface area contributed by atoms with Gasteiger partial charge in [0, 0.05) is 24.2 Å². The van der Waals surface area contributed by atoms with Crippen LogP contribution in [0, 0.1) is 12.7 Å². The van der Waals surface area contributed by atoms with Crippen molar-refractivity contribution in [2.24, 2.45) is 0 Å². The molecule has 0 fully saturated rings. The number of benzene rings is 1. The number of rotatable bonds is 3. The van der Waals surface area contributed by atoms with E-state index in [9.17, 15) is 9.18 Å². The number of halogens is 2. The van der Waals surface area contributed by atoms with E-state index in [1.54, 1.807) is 26.1 Å². The number of nitrogens with zero attached hydrogens (tertiary/aromatic N) is 1. The fraction of sp³-hybridized carbons (Fsp3) is 0.214. The van der Waals surface area contributed by atoms with Gasteiger partial charge in [-0.15, -0.1) is 0 Å². The summed E-state index contributed by atoms with van der Waals surface area (Å²) in [4.78, 5) is 13.6. The molecule has 1 amide bonds. The molecule has 0 unspecified atom stereocenters. The van der Waals surface area contributed by atoms with Gasteiger partial charge in [-0.1, -0.05) is 17.7 Å². The molecule has 3 nitrogen and oxygen atoms in total. The molecule has 19 heavy (non-hydrogen) atoms. The predicted octanol–water partition coefficient (Wildman–Crippen LogP) is 3.65. The summed E-state index contributed by atoms with van der Waals surface area (Å²) in [7, 11) is 1.59. The van der Waals surface area contributed by atoms with Gasteiger partial charge in [-0.25, -0.2) is 4.39 Å². The van der Waals surface area contributed by atoms with Crippen LogP contribution in [0.1, 0.15) is 21.7 Å². The summed E-state index contributed by atoms with van der Waals surface area (Å²) in [6.07, 6.45) is 1.45. The number of carbonyl (C=O) groups excluding carboxylic acids is 1. The molecule has 0 atom stereocenters. The summed E-state index contributed by atoms with van der Waals surface area (Å²) in [5.74, 6) is -0.113. The van der Waals surface area contributed by atoms with Gasteiger partial charge in [0.05, 0.1) is 11.8 Å². The average Bonchev–Trinajstić information content (AvgIpc) is 2.79. The van der Waals surface area contributed by atoms with E-state index < -0.39 is 5.82 Å². The van der Waals surface area contributed by atoms with E-state index in [1.807, 2.05) is 0 Å². The van der Waals surface area contributed by atoms with Crippen LogP contribution in [0.5, 0.6) is 0 Å². The molecule has 0 N–H and O–H groups in total. The third kappa shape index (κ3) is 2.79. The Morgan fingerprint density at radius 1 is 1.42 bits per heavy atom. The normalized spacial score (nSPS) is 10.5. The molecule has 0 saturated carbocycles. The summed E-state index contributed by atoms with van der Waals surface area (Å²) in [5, 5.41) is 0.309. The molecule has 0 bridgehead atoms. The molecule has 5 heteroatoms. The Kier molecular flexibility index (Phi) is 3.90. The van der Waals surface area contributed by atoms with E-state index in [2.05, 4.69) is 0 Å². The summed E-state index contributed by atoms with van der Waals surface area (Å²) >= 11 is 5.94. The number of hydrogen-bond donors (Lipinski definition) is 0. The van der Waals surface area contributed by atoms with Crippen LogP contribution in [-0.2, 0) is 6.54 Å². The molecular weight excluding hydrogens is 269 g/mol. The highest BCUT2D eigenvalue weighted by Gasteiger charge is 2.18. The first-order valence-electron chi connectivity index (χ1n) is 5.73. The number of furan rings is 1. The minimum Gasteiger partial charge on any atom is -0.469 e. The zero-order valence-corrected chi connectivity index (χ0v) is 11.4. The number of carbonyl (C=O) groups is 1. The van der Waals surface area contributed by atoms with E-state index in [0.717, 1.165) is 0 Å². The van der Waals surface area contributed by atoms with Gasteiger partial charge in [-0.3, -0.25) is 4.79 Å². The van der Waals surface area contributed by atoms with Gasteiger partial charge in [-0.2, -0.15) is 0 Å². The number of hydrogen-bond acceptors (Lipinski definition) is 2. The zero-order chi connectivity index (χ0) is 14.0. The molecule has 0 aliphatic carbocycles. The number of aryl methyl sites for hydroxylation is 1. The Hall–Kier alpha value is -1.81. The maximum Gasteiger partial charge on any atom is 0.257 e. The van der Waals surface area contributed by atoms with E-state index in [-0.39, 0.29) is 12.5 Å². The quantitative estimate of drug-likeness (QED) is 0.860. The Balaban J connectivity index is 2.20. The molecule has 1 aromatic heterocycles. The second-order valence-corrected chi connectivity index (χ2v) is 4.66. The van der Waals surface area contributed by atoms with Crippen molar-refractivity contribution in [2.75, 3.05) is 7.05 Å². The van der Waals surface area contributed by atoms with Crippen LogP contribution in [0.3, 0.4) is 0 Å². The molecule has 1 aromatic carbocycles. The zero-order valence-electron chi connectivity index (χ0n) is 10.6. The minimum absolute atomic E-state index is 0.106. The van der Waals surface area contributed by atoms with E-state index in [0.29, 0.717) is 21.9 Å². The van der Waals surface area contributed by atoms with Crippen molar-refractivity contribution in [3.8, 4) is 0 Å². The molecule has 2 aromatic rings. The summed E-state index contributed by atoms with van der Waals surface area (Å²) in [5.41, 5.74) is 0.774. The molecule has 0 aliphatic heterocycles. The van der Waals surface area contributed by atoms with Crippen molar-refractivity contribution in [1.29, 1.82) is 0 Å². The molecule has 100 valence electrons. The van der Waals surface area contributed by atoms with Crippen molar-refractivity contribution in [3.63, 3.8) is 0 Å². The summed E-state index contributed by atoms with van der Waals surface area (Å²) in [6.45, 7) is 1.81. The van der Waals surface area contributed by atoms with E-state index in [4.69, 9.17) is 16.0 Å². The molecule has 2 rings (SSSR count). The second kappa shape index (κ2) is 5.45. The summed E-state index contributed by atoms with van der Waals surface area (Å²) in [6, 6.07) is 6.05. The molecular formula is C14H13ClFNO2. The highest BCUT2D eigenvalue weighted by atomic mass is 35.5. The van der Waals surface area contributed by atoms with Crippen molar-refractivity contribution in [1.82, 2.24) is 4.90 Å². The first-order valence-corrected chi connectivity index (χ1v) is 6.11. The lowest BCUT2D eigenvalue weighted by Gasteiger charge is -2.18. The van der Waals surface area contributed by atoms with Gasteiger partial charge in [0.15, 0.2) is 0 Å². The SMILES string of the molecule is Cc1occc1C(=O)N(C)Cc1c(F)cccc1Cl. The van der Waals surface area contributed by atoms with E-state index in [1.165, 1.54) is 23.3 Å². The van der Waals surface area contributed by atoms with Crippen molar-refractivity contribution >= 4 is 17.5 Å². The highest BCUT2D eigenvalue weighted by molar-refractivity contribution is 6.31. The van der Waals surface area contributed by atoms with E-state index >= 15 is 0 Å². The Morgan fingerprint density at radius 3 is 2.74 bits per heavy atom. The minimum atomic E-state index is -0.420. The van der Waals surface area contributed by atoms with Crippen molar-refractivity contribution < 1.29 is 13.6 Å². The van der Waals surface area contributed by atoms with Gasteiger partial charge in [-0.05, 0) is 25.1 Å². The molecule has 0 saturated heterocycles. The molecule has 1 heterocycles. The lowest BCUT2D eigenvalue weighted by Crippen LogP contribution is -2.27. The van der Waals surface area contributed by atoms with Crippen LogP contribution < -0.4 is 0 Å². The van der Waals surface area contributed by atoms with Gasteiger partial charge in [0.25, 0.3) is 5.91 Å². The summed E-state index contributed by atoms with van der Waals surface area (Å²) < 4.78 is 18.7. The Labute approximate surface area is 115 Å². The Morgan fingerprint density at radius 2 is 2.16 bits per heavy atom. The fourth-order valence-electron chi connectivity index (χ4n) is 1.80. The van der Waals surface area contributed by atoms with Crippen LogP contribution >= 0.6 is 11.6 Å². The standard InChI is InChI=1S/C14H13ClFNO2/c1-9-10(6-7-19-9)14(18)17(2)8-11-12(15)4-3-5-13(11)16/h3-7H,8H2,1-2H3. The van der Waals surface area contributed by atoms with Crippen LogP contribution in [0.25, 0.3) is 0 Å². The van der Waals surface area contributed by atoms with Gasteiger partial charge in [0.2, 0.25) is 0 Å². The first kappa shape index (κ1) is 13.6. The molecule has 0 spiro atoms. The predicted molar refractivity (Wildman–Crippen MR) is 70.7 cm³/mol. The maximum atomic E-state index is 13.7. The van der Waals surface area contributed by atoms with Crippen LogP contribution in [-0.4, -0.2) is 17.9 Å². The van der Waals surface area contributed by atoms with Crippen LogP contribution in [0.2, 0.25) is 5.02 Å². The van der Waals surface area contributed by atoms with Crippen molar-refractivity contribution in [3.05, 3.63) is 58.3 Å². The van der Waals surface area contributed by atoms with Gasteiger partial charge in [0.1, 0.15) is 11.6 Å². The lowest BCUT2D eigenvalue weighted by atomic mass is 10.1. The second-order valence-electron chi connectivity index (χ2n) is 4.25. The van der Waals surface area contributed by atoms with Gasteiger partial charge < -0.3 is 9.32 Å². The van der Waals surface area contributed by atoms with Crippen LogP contribution in [0.15, 0.2) is 34.9 Å². The maximum absolute atomic E-state index is 13.7. The molecule has 0 radical (unpaired) electrons. The fourth-order valence-corrected chi connectivity index (χ4v) is 2.03. The smallest absolute Gasteiger partial charge is 0.257 e. The largest absolute Gasteiger partial charge is 0.469 e. The topological polar surface area (TPSA) is 33.5 Å². The third-order valence-electron chi connectivity index (χ3n) is 2.89. The number of amides is 1.